The monoisotopic (exact) mass is 378 g/mol. The van der Waals surface area contributed by atoms with Gasteiger partial charge in [0.15, 0.2) is 0 Å². The zero-order valence-corrected chi connectivity index (χ0v) is 16.5. The maximum atomic E-state index is 12.9. The standard InChI is InChI=1S/C23H26N2O3/c1-14-7-22(26)24(2)21-11-25(10-20(14)21)23(27)9-17-8-19(17)16-5-3-15(4-6-16)18-12-28-13-18/h3-7,17-19H,8-13H2,1-2H3. The zero-order chi connectivity index (χ0) is 19.4. The number of amides is 1. The van der Waals surface area contributed by atoms with Crippen molar-refractivity contribution in [2.24, 2.45) is 13.0 Å². The Kier molecular flexibility index (Phi) is 4.16. The van der Waals surface area contributed by atoms with Gasteiger partial charge in [0.25, 0.3) is 5.56 Å². The van der Waals surface area contributed by atoms with Gasteiger partial charge in [0.1, 0.15) is 0 Å². The van der Waals surface area contributed by atoms with Crippen LogP contribution in [0.25, 0.3) is 0 Å². The summed E-state index contributed by atoms with van der Waals surface area (Å²) < 4.78 is 6.96. The van der Waals surface area contributed by atoms with Gasteiger partial charge in [-0.05, 0) is 47.4 Å². The molecule has 0 radical (unpaired) electrons. The van der Waals surface area contributed by atoms with Crippen LogP contribution in [0.4, 0.5) is 0 Å². The lowest BCUT2D eigenvalue weighted by molar-refractivity contribution is -0.132. The molecule has 1 aromatic carbocycles. The van der Waals surface area contributed by atoms with Crippen LogP contribution in [0, 0.1) is 12.8 Å². The third kappa shape index (κ3) is 2.98. The van der Waals surface area contributed by atoms with Crippen molar-refractivity contribution in [2.75, 3.05) is 13.2 Å². The quantitative estimate of drug-likeness (QED) is 0.822. The summed E-state index contributed by atoms with van der Waals surface area (Å²) in [6.07, 6.45) is 1.69. The first-order chi connectivity index (χ1) is 13.5. The third-order valence-corrected chi connectivity index (χ3v) is 6.78. The molecule has 2 unspecified atom stereocenters. The molecule has 0 spiro atoms. The Balaban J connectivity index is 1.21. The Morgan fingerprint density at radius 3 is 2.54 bits per heavy atom. The van der Waals surface area contributed by atoms with Gasteiger partial charge in [-0.15, -0.1) is 0 Å². The molecule has 1 aromatic heterocycles. The number of hydrogen-bond acceptors (Lipinski definition) is 3. The molecule has 0 N–H and O–H groups in total. The molecule has 2 aliphatic heterocycles. The predicted molar refractivity (Wildman–Crippen MR) is 106 cm³/mol. The fraction of sp³-hybridized carbons (Fsp3) is 0.478. The first-order valence-corrected chi connectivity index (χ1v) is 10.1. The molecule has 0 bridgehead atoms. The molecule has 28 heavy (non-hydrogen) atoms. The third-order valence-electron chi connectivity index (χ3n) is 6.78. The molecule has 1 saturated heterocycles. The van der Waals surface area contributed by atoms with Gasteiger partial charge in [0.2, 0.25) is 5.91 Å². The minimum atomic E-state index is 0.00437. The van der Waals surface area contributed by atoms with Crippen molar-refractivity contribution in [3.63, 3.8) is 0 Å². The molecule has 5 nitrogen and oxygen atoms in total. The molecule has 1 amide bonds. The Morgan fingerprint density at radius 1 is 1.14 bits per heavy atom. The number of aromatic nitrogens is 1. The largest absolute Gasteiger partial charge is 0.380 e. The van der Waals surface area contributed by atoms with Gasteiger partial charge in [-0.3, -0.25) is 9.59 Å². The number of hydrogen-bond donors (Lipinski definition) is 0. The summed E-state index contributed by atoms with van der Waals surface area (Å²) in [5.41, 5.74) is 5.84. The van der Waals surface area contributed by atoms with Gasteiger partial charge in [0, 0.05) is 37.7 Å². The molecule has 1 aliphatic carbocycles. The van der Waals surface area contributed by atoms with Gasteiger partial charge >= 0.3 is 0 Å². The van der Waals surface area contributed by atoms with Crippen molar-refractivity contribution in [3.8, 4) is 0 Å². The zero-order valence-electron chi connectivity index (χ0n) is 16.5. The molecule has 5 heteroatoms. The minimum absolute atomic E-state index is 0.00437. The number of pyridine rings is 1. The average molecular weight is 378 g/mol. The lowest BCUT2D eigenvalue weighted by Crippen LogP contribution is -2.26. The summed E-state index contributed by atoms with van der Waals surface area (Å²) in [5, 5.41) is 0. The van der Waals surface area contributed by atoms with E-state index in [1.165, 1.54) is 11.1 Å². The number of carbonyl (C=O) groups is 1. The molecule has 5 rings (SSSR count). The second-order valence-electron chi connectivity index (χ2n) is 8.61. The van der Waals surface area contributed by atoms with Crippen molar-refractivity contribution in [3.05, 3.63) is 68.6 Å². The molecule has 2 aromatic rings. The van der Waals surface area contributed by atoms with Crippen LogP contribution in [0.1, 0.15) is 52.6 Å². The Bertz CT molecular complexity index is 988. The highest BCUT2D eigenvalue weighted by Gasteiger charge is 2.41. The smallest absolute Gasteiger partial charge is 0.250 e. The van der Waals surface area contributed by atoms with Crippen molar-refractivity contribution >= 4 is 5.91 Å². The van der Waals surface area contributed by atoms with Crippen molar-refractivity contribution in [2.45, 2.75) is 44.7 Å². The molecule has 2 atom stereocenters. The molecule has 3 aliphatic rings. The molecule has 1 saturated carbocycles. The molecular weight excluding hydrogens is 352 g/mol. The van der Waals surface area contributed by atoms with Gasteiger partial charge in [0.05, 0.1) is 19.8 Å². The van der Waals surface area contributed by atoms with E-state index in [-0.39, 0.29) is 11.5 Å². The van der Waals surface area contributed by atoms with E-state index in [9.17, 15) is 9.59 Å². The van der Waals surface area contributed by atoms with Crippen molar-refractivity contribution in [1.29, 1.82) is 0 Å². The second kappa shape index (κ2) is 6.59. The summed E-state index contributed by atoms with van der Waals surface area (Å²) >= 11 is 0. The number of carbonyl (C=O) groups excluding carboxylic acids is 1. The average Bonchev–Trinajstić information content (AvgIpc) is 3.24. The van der Waals surface area contributed by atoms with Gasteiger partial charge in [-0.1, -0.05) is 24.3 Å². The first-order valence-electron chi connectivity index (χ1n) is 10.1. The normalized spacial score (nSPS) is 23.4. The van der Waals surface area contributed by atoms with E-state index in [1.807, 2.05) is 11.8 Å². The summed E-state index contributed by atoms with van der Waals surface area (Å²) in [6, 6.07) is 10.6. The summed E-state index contributed by atoms with van der Waals surface area (Å²) in [7, 11) is 1.80. The van der Waals surface area contributed by atoms with Crippen LogP contribution >= 0.6 is 0 Å². The predicted octanol–water partition coefficient (Wildman–Crippen LogP) is 2.84. The number of ether oxygens (including phenoxy) is 1. The summed E-state index contributed by atoms with van der Waals surface area (Å²) in [6.45, 7) is 4.82. The van der Waals surface area contributed by atoms with Crippen molar-refractivity contribution < 1.29 is 9.53 Å². The maximum absolute atomic E-state index is 12.9. The van der Waals surface area contributed by atoms with Crippen LogP contribution in [0.15, 0.2) is 35.1 Å². The van der Waals surface area contributed by atoms with Crippen LogP contribution in [0.2, 0.25) is 0 Å². The highest BCUT2D eigenvalue weighted by molar-refractivity contribution is 5.77. The number of benzene rings is 1. The van der Waals surface area contributed by atoms with E-state index in [1.54, 1.807) is 17.7 Å². The number of nitrogens with zero attached hydrogens (tertiary/aromatic N) is 2. The van der Waals surface area contributed by atoms with Crippen LogP contribution in [-0.4, -0.2) is 28.6 Å². The van der Waals surface area contributed by atoms with Crippen LogP contribution < -0.4 is 5.56 Å². The van der Waals surface area contributed by atoms with E-state index in [2.05, 4.69) is 24.3 Å². The topological polar surface area (TPSA) is 51.5 Å². The van der Waals surface area contributed by atoms with Crippen LogP contribution in [0.3, 0.4) is 0 Å². The highest BCUT2D eigenvalue weighted by atomic mass is 16.5. The molecule has 3 heterocycles. The van der Waals surface area contributed by atoms with Crippen LogP contribution in [-0.2, 0) is 29.7 Å². The molecule has 2 fully saturated rings. The van der Waals surface area contributed by atoms with Gasteiger partial charge < -0.3 is 14.2 Å². The Morgan fingerprint density at radius 2 is 1.86 bits per heavy atom. The van der Waals surface area contributed by atoms with E-state index < -0.39 is 0 Å². The highest BCUT2D eigenvalue weighted by Crippen LogP contribution is 2.50. The minimum Gasteiger partial charge on any atom is -0.380 e. The van der Waals surface area contributed by atoms with Gasteiger partial charge in [-0.25, -0.2) is 0 Å². The molecular formula is C23H26N2O3. The number of aryl methyl sites for hydroxylation is 1. The lowest BCUT2D eigenvalue weighted by atomic mass is 9.95. The van der Waals surface area contributed by atoms with Crippen LogP contribution in [0.5, 0.6) is 0 Å². The van der Waals surface area contributed by atoms with E-state index in [0.717, 1.165) is 36.5 Å². The summed E-state index contributed by atoms with van der Waals surface area (Å²) in [4.78, 5) is 26.8. The Hall–Kier alpha value is -2.40. The lowest BCUT2D eigenvalue weighted by Gasteiger charge is -2.26. The Labute approximate surface area is 164 Å². The van der Waals surface area contributed by atoms with Crippen molar-refractivity contribution in [1.82, 2.24) is 9.47 Å². The number of fused-ring (bicyclic) bond motifs is 1. The number of rotatable bonds is 4. The van der Waals surface area contributed by atoms with Gasteiger partial charge in [-0.2, -0.15) is 0 Å². The van der Waals surface area contributed by atoms with E-state index >= 15 is 0 Å². The fourth-order valence-corrected chi connectivity index (χ4v) is 4.63. The maximum Gasteiger partial charge on any atom is 0.250 e. The van der Waals surface area contributed by atoms with E-state index in [0.29, 0.717) is 37.3 Å². The van der Waals surface area contributed by atoms with E-state index in [4.69, 9.17) is 4.74 Å². The summed E-state index contributed by atoms with van der Waals surface area (Å²) in [5.74, 6) is 1.71. The molecule has 146 valence electrons. The second-order valence-corrected chi connectivity index (χ2v) is 8.61. The first kappa shape index (κ1) is 17.7. The fourth-order valence-electron chi connectivity index (χ4n) is 4.63. The SMILES string of the molecule is Cc1cc(=O)n(C)c2c1CN(C(=O)CC1CC1c1ccc(C3COC3)cc1)C2.